The van der Waals surface area contributed by atoms with Gasteiger partial charge in [-0.1, -0.05) is 44.5 Å². The molecule has 0 amide bonds. The van der Waals surface area contributed by atoms with Gasteiger partial charge in [-0.25, -0.2) is 13.1 Å². The molecule has 114 valence electrons. The quantitative estimate of drug-likeness (QED) is 0.736. The Morgan fingerprint density at radius 3 is 2.20 bits per heavy atom. The van der Waals surface area contributed by atoms with Crippen LogP contribution in [0.4, 0.5) is 0 Å². The van der Waals surface area contributed by atoms with Crippen LogP contribution in [-0.2, 0) is 22.3 Å². The summed E-state index contributed by atoms with van der Waals surface area (Å²) in [6, 6.07) is 7.74. The Balaban J connectivity index is 2.65. The first kappa shape index (κ1) is 17.1. The number of rotatable bonds is 9. The Morgan fingerprint density at radius 2 is 1.70 bits per heavy atom. The predicted octanol–water partition coefficient (Wildman–Crippen LogP) is 2.40. The molecule has 0 aliphatic heterocycles. The van der Waals surface area contributed by atoms with Gasteiger partial charge in [0.05, 0.1) is 5.75 Å². The van der Waals surface area contributed by atoms with Gasteiger partial charge in [-0.15, -0.1) is 0 Å². The van der Waals surface area contributed by atoms with E-state index in [0.29, 0.717) is 0 Å². The average molecular weight is 298 g/mol. The van der Waals surface area contributed by atoms with Gasteiger partial charge in [-0.2, -0.15) is 0 Å². The van der Waals surface area contributed by atoms with E-state index in [4.69, 9.17) is 0 Å². The Labute approximate surface area is 123 Å². The second kappa shape index (κ2) is 8.39. The van der Waals surface area contributed by atoms with Crippen LogP contribution in [0, 0.1) is 0 Å². The van der Waals surface area contributed by atoms with Crippen molar-refractivity contribution >= 4 is 10.0 Å². The van der Waals surface area contributed by atoms with Crippen LogP contribution in [0.15, 0.2) is 24.3 Å². The van der Waals surface area contributed by atoms with Crippen molar-refractivity contribution in [3.05, 3.63) is 35.4 Å². The van der Waals surface area contributed by atoms with E-state index in [1.807, 2.05) is 38.2 Å². The van der Waals surface area contributed by atoms with Crippen molar-refractivity contribution < 1.29 is 8.42 Å². The molecule has 0 saturated heterocycles. The molecule has 0 aromatic heterocycles. The van der Waals surface area contributed by atoms with E-state index in [2.05, 4.69) is 17.0 Å². The second-order valence-corrected chi connectivity index (χ2v) is 6.87. The van der Waals surface area contributed by atoms with Crippen molar-refractivity contribution in [2.75, 3.05) is 7.05 Å². The Bertz CT molecular complexity index is 483. The molecule has 1 aromatic carbocycles. The van der Waals surface area contributed by atoms with Crippen molar-refractivity contribution in [3.8, 4) is 0 Å². The molecule has 20 heavy (non-hydrogen) atoms. The lowest BCUT2D eigenvalue weighted by atomic mass is 10.1. The Kier molecular flexibility index (Phi) is 7.19. The van der Waals surface area contributed by atoms with Gasteiger partial charge in [0.25, 0.3) is 0 Å². The summed E-state index contributed by atoms with van der Waals surface area (Å²) < 4.78 is 27.1. The third-order valence-corrected chi connectivity index (χ3v) is 4.64. The lowest BCUT2D eigenvalue weighted by molar-refractivity contribution is 0.512. The predicted molar refractivity (Wildman–Crippen MR) is 84.0 cm³/mol. The van der Waals surface area contributed by atoms with E-state index in [1.54, 1.807) is 0 Å². The molecular weight excluding hydrogens is 272 g/mol. The number of benzene rings is 1. The van der Waals surface area contributed by atoms with Gasteiger partial charge in [0.2, 0.25) is 10.0 Å². The zero-order valence-electron chi connectivity index (χ0n) is 12.6. The van der Waals surface area contributed by atoms with E-state index in [-0.39, 0.29) is 11.8 Å². The van der Waals surface area contributed by atoms with Gasteiger partial charge in [-0.05, 0) is 31.0 Å². The molecule has 1 unspecified atom stereocenters. The summed E-state index contributed by atoms with van der Waals surface area (Å²) in [6.07, 6.45) is 2.70. The summed E-state index contributed by atoms with van der Waals surface area (Å²) >= 11 is 0. The zero-order chi connectivity index (χ0) is 15.0. The summed E-state index contributed by atoms with van der Waals surface area (Å²) in [5.74, 6) is 0.0487. The summed E-state index contributed by atoms with van der Waals surface area (Å²) in [4.78, 5) is 0. The highest BCUT2D eigenvalue weighted by Crippen LogP contribution is 2.10. The molecule has 0 fully saturated rings. The topological polar surface area (TPSA) is 58.2 Å². The van der Waals surface area contributed by atoms with E-state index in [1.165, 1.54) is 0 Å². The first-order valence-electron chi connectivity index (χ1n) is 7.23. The van der Waals surface area contributed by atoms with Crippen LogP contribution in [0.1, 0.15) is 44.2 Å². The minimum absolute atomic E-state index is 0.0487. The zero-order valence-corrected chi connectivity index (χ0v) is 13.5. The summed E-state index contributed by atoms with van der Waals surface area (Å²) in [6.45, 7) is 4.87. The Hall–Kier alpha value is -0.910. The van der Waals surface area contributed by atoms with Gasteiger partial charge in [0.1, 0.15) is 0 Å². The van der Waals surface area contributed by atoms with Gasteiger partial charge >= 0.3 is 0 Å². The highest BCUT2D eigenvalue weighted by molar-refractivity contribution is 7.88. The molecule has 0 heterocycles. The highest BCUT2D eigenvalue weighted by atomic mass is 32.2. The highest BCUT2D eigenvalue weighted by Gasteiger charge is 2.16. The maximum atomic E-state index is 12.1. The van der Waals surface area contributed by atoms with E-state index >= 15 is 0 Å². The van der Waals surface area contributed by atoms with Crippen molar-refractivity contribution in [2.45, 2.75) is 51.4 Å². The molecule has 1 rings (SSSR count). The lowest BCUT2D eigenvalue weighted by Crippen LogP contribution is -2.35. The summed E-state index contributed by atoms with van der Waals surface area (Å²) in [5, 5.41) is 3.07. The van der Waals surface area contributed by atoms with Gasteiger partial charge < -0.3 is 5.32 Å². The maximum Gasteiger partial charge on any atom is 0.216 e. The first-order chi connectivity index (χ1) is 9.50. The smallest absolute Gasteiger partial charge is 0.216 e. The normalized spacial score (nSPS) is 13.3. The van der Waals surface area contributed by atoms with Crippen LogP contribution in [-0.4, -0.2) is 21.5 Å². The molecule has 4 nitrogen and oxygen atoms in total. The maximum absolute atomic E-state index is 12.1. The third-order valence-electron chi connectivity index (χ3n) is 3.24. The van der Waals surface area contributed by atoms with E-state index in [0.717, 1.165) is 36.9 Å². The molecular formula is C15H26N2O2S. The van der Waals surface area contributed by atoms with E-state index in [9.17, 15) is 8.42 Å². The second-order valence-electron chi connectivity index (χ2n) is 5.12. The van der Waals surface area contributed by atoms with Crippen molar-refractivity contribution in [2.24, 2.45) is 0 Å². The molecule has 0 radical (unpaired) electrons. The van der Waals surface area contributed by atoms with E-state index < -0.39 is 10.0 Å². The van der Waals surface area contributed by atoms with Crippen molar-refractivity contribution in [3.63, 3.8) is 0 Å². The molecule has 0 saturated carbocycles. The number of sulfonamides is 1. The molecule has 1 aromatic rings. The fraction of sp³-hybridized carbons (Fsp3) is 0.600. The Morgan fingerprint density at radius 1 is 1.10 bits per heavy atom. The van der Waals surface area contributed by atoms with Crippen molar-refractivity contribution in [1.82, 2.24) is 10.0 Å². The fourth-order valence-corrected chi connectivity index (χ4v) is 3.67. The first-order valence-corrected chi connectivity index (χ1v) is 8.88. The summed E-state index contributed by atoms with van der Waals surface area (Å²) in [7, 11) is -1.37. The number of hydrogen-bond donors (Lipinski definition) is 2. The average Bonchev–Trinajstić information content (AvgIpc) is 2.40. The van der Waals surface area contributed by atoms with Crippen LogP contribution in [0.5, 0.6) is 0 Å². The van der Waals surface area contributed by atoms with Crippen LogP contribution in [0.3, 0.4) is 0 Å². The molecule has 5 heteroatoms. The van der Waals surface area contributed by atoms with Crippen LogP contribution < -0.4 is 10.0 Å². The minimum atomic E-state index is -3.26. The number of nitrogens with one attached hydrogen (secondary N) is 2. The van der Waals surface area contributed by atoms with Crippen molar-refractivity contribution in [1.29, 1.82) is 0 Å². The molecule has 0 spiro atoms. The minimum Gasteiger partial charge on any atom is -0.316 e. The molecule has 0 aliphatic carbocycles. The molecule has 2 N–H and O–H groups in total. The van der Waals surface area contributed by atoms with Gasteiger partial charge in [0, 0.05) is 12.6 Å². The summed E-state index contributed by atoms with van der Waals surface area (Å²) in [5.41, 5.74) is 1.97. The number of hydrogen-bond acceptors (Lipinski definition) is 3. The monoisotopic (exact) mass is 298 g/mol. The molecule has 1 atom stereocenters. The van der Waals surface area contributed by atoms with Crippen LogP contribution in [0.25, 0.3) is 0 Å². The molecule has 0 aliphatic rings. The third kappa shape index (κ3) is 6.03. The van der Waals surface area contributed by atoms with Gasteiger partial charge in [-0.3, -0.25) is 0 Å². The van der Waals surface area contributed by atoms with Crippen LogP contribution in [0.2, 0.25) is 0 Å². The molecule has 0 bridgehead atoms. The van der Waals surface area contributed by atoms with Gasteiger partial charge in [0.15, 0.2) is 0 Å². The largest absolute Gasteiger partial charge is 0.316 e. The standard InChI is InChI=1S/C15H26N2O2S/c1-4-6-15(5-2)17-20(18,19)12-14-9-7-13(8-10-14)11-16-3/h7-10,15-17H,4-6,11-12H2,1-3H3. The van der Waals surface area contributed by atoms with Crippen LogP contribution >= 0.6 is 0 Å². The SMILES string of the molecule is CCCC(CC)NS(=O)(=O)Cc1ccc(CNC)cc1. The lowest BCUT2D eigenvalue weighted by Gasteiger charge is -2.16. The fourth-order valence-electron chi connectivity index (χ4n) is 2.17.